The van der Waals surface area contributed by atoms with Crippen LogP contribution in [0.15, 0.2) is 64.2 Å². The number of aryl methyl sites for hydroxylation is 2. The molecule has 0 spiro atoms. The Morgan fingerprint density at radius 1 is 0.833 bits per heavy atom. The lowest BCUT2D eigenvalue weighted by molar-refractivity contribution is 0.603. The van der Waals surface area contributed by atoms with Gasteiger partial charge in [0.15, 0.2) is 0 Å². The Hall–Kier alpha value is -2.31. The first-order valence-electron chi connectivity index (χ1n) is 7.44. The van der Waals surface area contributed by atoms with Gasteiger partial charge in [-0.15, -0.1) is 11.3 Å². The molecular weight excluding hydrogens is 340 g/mol. The van der Waals surface area contributed by atoms with Gasteiger partial charge in [0.1, 0.15) is 4.21 Å². The third-order valence-corrected chi connectivity index (χ3v) is 6.19. The maximum atomic E-state index is 12.2. The van der Waals surface area contributed by atoms with Gasteiger partial charge in [0.2, 0.25) is 0 Å². The first-order valence-corrected chi connectivity index (χ1v) is 9.80. The predicted octanol–water partition coefficient (Wildman–Crippen LogP) is 4.91. The number of benzene rings is 2. The predicted molar refractivity (Wildman–Crippen MR) is 101 cm³/mol. The van der Waals surface area contributed by atoms with Gasteiger partial charge in [-0.2, -0.15) is 0 Å². The summed E-state index contributed by atoms with van der Waals surface area (Å²) in [4.78, 5) is 0. The second-order valence-electron chi connectivity index (χ2n) is 5.62. The number of hydrogen-bond donors (Lipinski definition) is 2. The van der Waals surface area contributed by atoms with Crippen LogP contribution in [0.5, 0.6) is 0 Å². The van der Waals surface area contributed by atoms with Crippen molar-refractivity contribution in [2.24, 2.45) is 0 Å². The molecule has 0 aliphatic carbocycles. The molecule has 0 unspecified atom stereocenters. The second-order valence-corrected chi connectivity index (χ2v) is 8.47. The van der Waals surface area contributed by atoms with Crippen LogP contribution in [0, 0.1) is 13.8 Å². The summed E-state index contributed by atoms with van der Waals surface area (Å²) in [6.45, 7) is 4.11. The zero-order chi connectivity index (χ0) is 17.2. The van der Waals surface area contributed by atoms with Crippen LogP contribution in [0.2, 0.25) is 0 Å². The molecule has 0 saturated carbocycles. The van der Waals surface area contributed by atoms with Crippen LogP contribution in [0.1, 0.15) is 11.1 Å². The molecule has 0 atom stereocenters. The number of nitrogens with one attached hydrogen (secondary N) is 2. The molecule has 6 heteroatoms. The van der Waals surface area contributed by atoms with Crippen molar-refractivity contribution in [3.63, 3.8) is 0 Å². The first kappa shape index (κ1) is 16.5. The standard InChI is InChI=1S/C18H18N2O2S2/c1-13-10-14(2)12-17(11-13)19-15-5-7-16(8-6-15)20-24(21,22)18-4-3-9-23-18/h3-12,19-20H,1-2H3. The van der Waals surface area contributed by atoms with Gasteiger partial charge < -0.3 is 5.32 Å². The van der Waals surface area contributed by atoms with E-state index in [1.807, 2.05) is 12.1 Å². The Morgan fingerprint density at radius 2 is 1.46 bits per heavy atom. The summed E-state index contributed by atoms with van der Waals surface area (Å²) in [6, 6.07) is 16.8. The van der Waals surface area contributed by atoms with Crippen LogP contribution >= 0.6 is 11.3 Å². The SMILES string of the molecule is Cc1cc(C)cc(Nc2ccc(NS(=O)(=O)c3cccs3)cc2)c1. The van der Waals surface area contributed by atoms with Crippen molar-refractivity contribution >= 4 is 38.4 Å². The molecule has 124 valence electrons. The van der Waals surface area contributed by atoms with Gasteiger partial charge in [0.25, 0.3) is 10.0 Å². The average molecular weight is 358 g/mol. The molecule has 0 saturated heterocycles. The summed E-state index contributed by atoms with van der Waals surface area (Å²) in [5.74, 6) is 0. The normalized spacial score (nSPS) is 11.2. The lowest BCUT2D eigenvalue weighted by Gasteiger charge is -2.10. The summed E-state index contributed by atoms with van der Waals surface area (Å²) >= 11 is 1.19. The fourth-order valence-corrected chi connectivity index (χ4v) is 4.51. The first-order chi connectivity index (χ1) is 11.4. The quantitative estimate of drug-likeness (QED) is 0.681. The number of rotatable bonds is 5. The molecule has 0 aliphatic rings. The molecule has 2 aromatic carbocycles. The monoisotopic (exact) mass is 358 g/mol. The molecule has 0 radical (unpaired) electrons. The van der Waals surface area contributed by atoms with E-state index in [0.29, 0.717) is 9.90 Å². The van der Waals surface area contributed by atoms with Crippen molar-refractivity contribution in [2.45, 2.75) is 18.1 Å². The summed E-state index contributed by atoms with van der Waals surface area (Å²) in [5, 5.41) is 5.07. The van der Waals surface area contributed by atoms with E-state index in [1.165, 1.54) is 22.5 Å². The van der Waals surface area contributed by atoms with E-state index in [1.54, 1.807) is 29.6 Å². The molecule has 0 bridgehead atoms. The van der Waals surface area contributed by atoms with Crippen LogP contribution in [0.25, 0.3) is 0 Å². The topological polar surface area (TPSA) is 58.2 Å². The lowest BCUT2D eigenvalue weighted by Crippen LogP contribution is -2.11. The molecule has 4 nitrogen and oxygen atoms in total. The van der Waals surface area contributed by atoms with E-state index in [2.05, 4.69) is 42.1 Å². The van der Waals surface area contributed by atoms with Crippen LogP contribution in [0.4, 0.5) is 17.1 Å². The number of hydrogen-bond acceptors (Lipinski definition) is 4. The van der Waals surface area contributed by atoms with Gasteiger partial charge in [0, 0.05) is 17.1 Å². The summed E-state index contributed by atoms with van der Waals surface area (Å²) < 4.78 is 27.3. The van der Waals surface area contributed by atoms with Crippen molar-refractivity contribution in [3.8, 4) is 0 Å². The zero-order valence-electron chi connectivity index (χ0n) is 13.4. The smallest absolute Gasteiger partial charge is 0.271 e. The van der Waals surface area contributed by atoms with Crippen molar-refractivity contribution in [1.29, 1.82) is 0 Å². The van der Waals surface area contributed by atoms with Crippen LogP contribution in [-0.4, -0.2) is 8.42 Å². The molecule has 3 rings (SSSR count). The molecule has 3 aromatic rings. The highest BCUT2D eigenvalue weighted by Gasteiger charge is 2.14. The Morgan fingerprint density at radius 3 is 2.04 bits per heavy atom. The van der Waals surface area contributed by atoms with E-state index >= 15 is 0 Å². The maximum absolute atomic E-state index is 12.2. The molecule has 0 amide bonds. The van der Waals surface area contributed by atoms with Crippen molar-refractivity contribution in [1.82, 2.24) is 0 Å². The zero-order valence-corrected chi connectivity index (χ0v) is 15.0. The third-order valence-electron chi connectivity index (χ3n) is 3.41. The number of sulfonamides is 1. The Labute approximate surface area is 146 Å². The highest BCUT2D eigenvalue weighted by atomic mass is 32.2. The van der Waals surface area contributed by atoms with Crippen LogP contribution in [0.3, 0.4) is 0 Å². The fourth-order valence-electron chi connectivity index (χ4n) is 2.46. The molecular formula is C18H18N2O2S2. The Balaban J connectivity index is 1.74. The van der Waals surface area contributed by atoms with E-state index < -0.39 is 10.0 Å². The van der Waals surface area contributed by atoms with Gasteiger partial charge in [-0.3, -0.25) is 4.72 Å². The van der Waals surface area contributed by atoms with Crippen molar-refractivity contribution in [2.75, 3.05) is 10.0 Å². The number of anilines is 3. The van der Waals surface area contributed by atoms with Gasteiger partial charge in [-0.1, -0.05) is 12.1 Å². The van der Waals surface area contributed by atoms with Crippen molar-refractivity contribution in [3.05, 3.63) is 71.1 Å². The lowest BCUT2D eigenvalue weighted by atomic mass is 10.1. The van der Waals surface area contributed by atoms with Crippen molar-refractivity contribution < 1.29 is 8.42 Å². The number of thiophene rings is 1. The largest absolute Gasteiger partial charge is 0.356 e. The van der Waals surface area contributed by atoms with Gasteiger partial charge in [-0.25, -0.2) is 8.42 Å². The van der Waals surface area contributed by atoms with E-state index in [0.717, 1.165) is 11.4 Å². The second kappa shape index (κ2) is 6.67. The van der Waals surface area contributed by atoms with E-state index in [9.17, 15) is 8.42 Å². The minimum Gasteiger partial charge on any atom is -0.356 e. The van der Waals surface area contributed by atoms with E-state index in [-0.39, 0.29) is 0 Å². The Bertz CT molecular complexity index is 911. The highest BCUT2D eigenvalue weighted by molar-refractivity contribution is 7.94. The van der Waals surface area contributed by atoms with Gasteiger partial charge in [0.05, 0.1) is 0 Å². The van der Waals surface area contributed by atoms with Gasteiger partial charge in [-0.05, 0) is 72.8 Å². The summed E-state index contributed by atoms with van der Waals surface area (Å²) in [7, 11) is -3.50. The average Bonchev–Trinajstić information content (AvgIpc) is 3.03. The maximum Gasteiger partial charge on any atom is 0.271 e. The van der Waals surface area contributed by atoms with Crippen LogP contribution in [-0.2, 0) is 10.0 Å². The Kier molecular flexibility index (Phi) is 4.59. The molecule has 24 heavy (non-hydrogen) atoms. The van der Waals surface area contributed by atoms with Crippen LogP contribution < -0.4 is 10.0 Å². The highest BCUT2D eigenvalue weighted by Crippen LogP contribution is 2.23. The fraction of sp³-hybridized carbons (Fsp3) is 0.111. The molecule has 1 aromatic heterocycles. The minimum absolute atomic E-state index is 0.305. The van der Waals surface area contributed by atoms with E-state index in [4.69, 9.17) is 0 Å². The summed E-state index contributed by atoms with van der Waals surface area (Å²) in [6.07, 6.45) is 0. The minimum atomic E-state index is -3.50. The third kappa shape index (κ3) is 3.96. The molecule has 1 heterocycles. The summed E-state index contributed by atoms with van der Waals surface area (Å²) in [5.41, 5.74) is 4.84. The molecule has 0 fully saturated rings. The molecule has 2 N–H and O–H groups in total. The molecule has 0 aliphatic heterocycles. The van der Waals surface area contributed by atoms with Gasteiger partial charge >= 0.3 is 0 Å².